The van der Waals surface area contributed by atoms with Crippen LogP contribution in [0.1, 0.15) is 26.2 Å². The number of fused-ring (bicyclic) bond motifs is 1. The monoisotopic (exact) mass is 269 g/mol. The SMILES string of the molecule is CCO[C@H]1O[C@H]2CCC[C@H](N=[N+]=[N-])[C@H]2[C@H]1C(=O)OC. The fourth-order valence-corrected chi connectivity index (χ4v) is 3.14. The van der Waals surface area contributed by atoms with Gasteiger partial charge in [-0.05, 0) is 25.3 Å². The van der Waals surface area contributed by atoms with Gasteiger partial charge in [0.15, 0.2) is 6.29 Å². The molecule has 0 unspecified atom stereocenters. The first-order valence-corrected chi connectivity index (χ1v) is 6.62. The normalized spacial score (nSPS) is 37.3. The molecule has 106 valence electrons. The maximum atomic E-state index is 12.0. The van der Waals surface area contributed by atoms with Crippen molar-refractivity contribution < 1.29 is 19.0 Å². The Morgan fingerprint density at radius 1 is 1.53 bits per heavy atom. The average molecular weight is 269 g/mol. The van der Waals surface area contributed by atoms with Crippen LogP contribution >= 0.6 is 0 Å². The number of carbonyl (C=O) groups excluding carboxylic acids is 1. The van der Waals surface area contributed by atoms with Crippen molar-refractivity contribution in [3.05, 3.63) is 10.4 Å². The Morgan fingerprint density at radius 3 is 2.95 bits per heavy atom. The molecule has 2 rings (SSSR count). The Balaban J connectivity index is 2.26. The van der Waals surface area contributed by atoms with Crippen LogP contribution in [0.4, 0.5) is 0 Å². The quantitative estimate of drug-likeness (QED) is 0.337. The molecule has 0 aromatic rings. The van der Waals surface area contributed by atoms with Crippen LogP contribution in [0.5, 0.6) is 0 Å². The molecule has 0 radical (unpaired) electrons. The molecule has 1 aliphatic heterocycles. The number of esters is 1. The second-order valence-corrected chi connectivity index (χ2v) is 4.83. The average Bonchev–Trinajstić information content (AvgIpc) is 2.78. The lowest BCUT2D eigenvalue weighted by atomic mass is 9.76. The molecular weight excluding hydrogens is 250 g/mol. The third-order valence-corrected chi connectivity index (χ3v) is 3.88. The molecule has 19 heavy (non-hydrogen) atoms. The van der Waals surface area contributed by atoms with Crippen molar-refractivity contribution in [1.29, 1.82) is 0 Å². The smallest absolute Gasteiger partial charge is 0.314 e. The van der Waals surface area contributed by atoms with Gasteiger partial charge in [-0.15, -0.1) is 0 Å². The van der Waals surface area contributed by atoms with Crippen molar-refractivity contribution in [3.8, 4) is 0 Å². The zero-order valence-corrected chi connectivity index (χ0v) is 11.2. The molecule has 0 aromatic heterocycles. The number of hydrogen-bond acceptors (Lipinski definition) is 5. The molecule has 1 saturated carbocycles. The largest absolute Gasteiger partial charge is 0.469 e. The van der Waals surface area contributed by atoms with Crippen molar-refractivity contribution in [2.24, 2.45) is 17.0 Å². The number of rotatable bonds is 4. The summed E-state index contributed by atoms with van der Waals surface area (Å²) in [5.41, 5.74) is 8.66. The minimum absolute atomic E-state index is 0.0927. The molecule has 5 atom stereocenters. The lowest BCUT2D eigenvalue weighted by Crippen LogP contribution is -2.40. The highest BCUT2D eigenvalue weighted by Crippen LogP contribution is 2.44. The minimum Gasteiger partial charge on any atom is -0.469 e. The maximum absolute atomic E-state index is 12.0. The first-order valence-electron chi connectivity index (χ1n) is 6.62. The van der Waals surface area contributed by atoms with E-state index in [0.29, 0.717) is 6.61 Å². The molecule has 1 saturated heterocycles. The lowest BCUT2D eigenvalue weighted by Gasteiger charge is -2.31. The third kappa shape index (κ3) is 2.68. The van der Waals surface area contributed by atoms with Crippen LogP contribution in [-0.4, -0.2) is 38.1 Å². The van der Waals surface area contributed by atoms with E-state index in [1.807, 2.05) is 6.92 Å². The van der Waals surface area contributed by atoms with Gasteiger partial charge < -0.3 is 14.2 Å². The zero-order valence-electron chi connectivity index (χ0n) is 11.2. The Labute approximate surface area is 111 Å². The van der Waals surface area contributed by atoms with Crippen LogP contribution in [0.2, 0.25) is 0 Å². The second-order valence-electron chi connectivity index (χ2n) is 4.83. The number of methoxy groups -OCH3 is 1. The minimum atomic E-state index is -0.595. The van der Waals surface area contributed by atoms with Gasteiger partial charge in [-0.1, -0.05) is 11.5 Å². The maximum Gasteiger partial charge on any atom is 0.314 e. The van der Waals surface area contributed by atoms with E-state index >= 15 is 0 Å². The standard InChI is InChI=1S/C12H19N3O4/c1-3-18-12-10(11(16)17-2)9-7(14-15-13)5-4-6-8(9)19-12/h7-10,12H,3-6H2,1-2H3/t7-,8-,9+,10-,12-/m0/s1. The van der Waals surface area contributed by atoms with Crippen LogP contribution in [0.15, 0.2) is 5.11 Å². The van der Waals surface area contributed by atoms with E-state index in [1.165, 1.54) is 7.11 Å². The number of ether oxygens (including phenoxy) is 3. The molecule has 2 fully saturated rings. The van der Waals surface area contributed by atoms with Crippen LogP contribution in [0.3, 0.4) is 0 Å². The molecule has 2 aliphatic rings. The van der Waals surface area contributed by atoms with Gasteiger partial charge in [0.2, 0.25) is 0 Å². The molecule has 1 heterocycles. The van der Waals surface area contributed by atoms with E-state index in [9.17, 15) is 4.79 Å². The van der Waals surface area contributed by atoms with Crippen molar-refractivity contribution >= 4 is 5.97 Å². The van der Waals surface area contributed by atoms with Crippen LogP contribution < -0.4 is 0 Å². The third-order valence-electron chi connectivity index (χ3n) is 3.88. The van der Waals surface area contributed by atoms with E-state index in [2.05, 4.69) is 10.0 Å². The van der Waals surface area contributed by atoms with Crippen molar-refractivity contribution in [1.82, 2.24) is 0 Å². The van der Waals surface area contributed by atoms with Gasteiger partial charge in [-0.3, -0.25) is 4.79 Å². The van der Waals surface area contributed by atoms with Crippen LogP contribution in [0, 0.1) is 11.8 Å². The molecule has 0 amide bonds. The van der Waals surface area contributed by atoms with Gasteiger partial charge in [-0.25, -0.2) is 0 Å². The van der Waals surface area contributed by atoms with Gasteiger partial charge >= 0.3 is 5.97 Å². The molecule has 0 spiro atoms. The van der Waals surface area contributed by atoms with Crippen molar-refractivity contribution in [2.75, 3.05) is 13.7 Å². The lowest BCUT2D eigenvalue weighted by molar-refractivity contribution is -0.171. The molecule has 7 heteroatoms. The molecule has 7 nitrogen and oxygen atoms in total. The van der Waals surface area contributed by atoms with E-state index in [0.717, 1.165) is 19.3 Å². The molecular formula is C12H19N3O4. The van der Waals surface area contributed by atoms with E-state index in [4.69, 9.17) is 19.7 Å². The summed E-state index contributed by atoms with van der Waals surface area (Å²) in [6.07, 6.45) is 1.88. The van der Waals surface area contributed by atoms with Gasteiger partial charge in [0, 0.05) is 23.5 Å². The summed E-state index contributed by atoms with van der Waals surface area (Å²) in [5, 5.41) is 3.83. The van der Waals surface area contributed by atoms with Gasteiger partial charge in [0.25, 0.3) is 0 Å². The fourth-order valence-electron chi connectivity index (χ4n) is 3.14. The zero-order chi connectivity index (χ0) is 13.8. The second kappa shape index (κ2) is 6.23. The molecule has 0 N–H and O–H groups in total. The highest BCUT2D eigenvalue weighted by Gasteiger charge is 2.53. The summed E-state index contributed by atoms with van der Waals surface area (Å²) in [7, 11) is 1.35. The molecule has 0 bridgehead atoms. The highest BCUT2D eigenvalue weighted by atomic mass is 16.7. The van der Waals surface area contributed by atoms with E-state index in [1.54, 1.807) is 0 Å². The summed E-state index contributed by atoms with van der Waals surface area (Å²) < 4.78 is 16.2. The van der Waals surface area contributed by atoms with Crippen molar-refractivity contribution in [3.63, 3.8) is 0 Å². The Kier molecular flexibility index (Phi) is 4.63. The summed E-state index contributed by atoms with van der Waals surface area (Å²) in [4.78, 5) is 14.9. The van der Waals surface area contributed by atoms with Crippen LogP contribution in [-0.2, 0) is 19.0 Å². The summed E-state index contributed by atoms with van der Waals surface area (Å²) in [5.74, 6) is -1.01. The predicted octanol–water partition coefficient (Wildman–Crippen LogP) is 2.02. The number of nitrogens with zero attached hydrogens (tertiary/aromatic N) is 3. The van der Waals surface area contributed by atoms with Gasteiger partial charge in [0.1, 0.15) is 5.92 Å². The first-order chi connectivity index (χ1) is 9.22. The number of hydrogen-bond donors (Lipinski definition) is 0. The fraction of sp³-hybridized carbons (Fsp3) is 0.917. The summed E-state index contributed by atoms with van der Waals surface area (Å²) in [6.45, 7) is 2.31. The Morgan fingerprint density at radius 2 is 2.32 bits per heavy atom. The predicted molar refractivity (Wildman–Crippen MR) is 66.1 cm³/mol. The number of carbonyl (C=O) groups is 1. The summed E-state index contributed by atoms with van der Waals surface area (Å²) in [6, 6.07) is -0.224. The van der Waals surface area contributed by atoms with Gasteiger partial charge in [-0.2, -0.15) is 0 Å². The van der Waals surface area contributed by atoms with Gasteiger partial charge in [0.05, 0.1) is 13.2 Å². The Bertz CT molecular complexity index is 383. The highest BCUT2D eigenvalue weighted by molar-refractivity contribution is 5.73. The first kappa shape index (κ1) is 14.1. The number of azide groups is 1. The Hall–Kier alpha value is -1.30. The van der Waals surface area contributed by atoms with E-state index < -0.39 is 12.2 Å². The summed E-state index contributed by atoms with van der Waals surface area (Å²) >= 11 is 0. The van der Waals surface area contributed by atoms with E-state index in [-0.39, 0.29) is 24.0 Å². The molecule has 0 aromatic carbocycles. The molecule has 1 aliphatic carbocycles. The van der Waals surface area contributed by atoms with Crippen molar-refractivity contribution in [2.45, 2.75) is 44.6 Å². The topological polar surface area (TPSA) is 93.5 Å². The van der Waals surface area contributed by atoms with Crippen LogP contribution in [0.25, 0.3) is 10.4 Å².